The maximum absolute atomic E-state index is 10.8. The summed E-state index contributed by atoms with van der Waals surface area (Å²) in [6.07, 6.45) is 0.979. The van der Waals surface area contributed by atoms with Gasteiger partial charge in [-0.15, -0.1) is 0 Å². The fourth-order valence-corrected chi connectivity index (χ4v) is 2.48. The van der Waals surface area contributed by atoms with E-state index in [1.807, 2.05) is 34.7 Å². The van der Waals surface area contributed by atoms with Gasteiger partial charge < -0.3 is 5.32 Å². The van der Waals surface area contributed by atoms with E-state index in [0.29, 0.717) is 3.57 Å². The molecule has 4 nitrogen and oxygen atoms in total. The lowest BCUT2D eigenvalue weighted by atomic mass is 10.1. The van der Waals surface area contributed by atoms with Crippen LogP contribution < -0.4 is 5.32 Å². The van der Waals surface area contributed by atoms with E-state index in [-0.39, 0.29) is 10.6 Å². The highest BCUT2D eigenvalue weighted by atomic mass is 127. The number of nitrogens with one attached hydrogen (secondary N) is 1. The van der Waals surface area contributed by atoms with Crippen LogP contribution in [0.25, 0.3) is 0 Å². The van der Waals surface area contributed by atoms with Crippen molar-refractivity contribution in [2.24, 2.45) is 0 Å². The molecule has 0 saturated heterocycles. The van der Waals surface area contributed by atoms with Crippen LogP contribution in [0.4, 0.5) is 17.1 Å². The van der Waals surface area contributed by atoms with Crippen LogP contribution in [0.3, 0.4) is 0 Å². The zero-order valence-corrected chi connectivity index (χ0v) is 12.5. The normalized spacial score (nSPS) is 10.2. The molecule has 0 amide bonds. The van der Waals surface area contributed by atoms with E-state index in [9.17, 15) is 10.1 Å². The Kier molecular flexibility index (Phi) is 4.36. The van der Waals surface area contributed by atoms with Crippen molar-refractivity contribution in [3.05, 3.63) is 61.7 Å². The molecule has 2 aromatic rings. The van der Waals surface area contributed by atoms with Crippen molar-refractivity contribution >= 4 is 39.7 Å². The second-order valence-electron chi connectivity index (χ2n) is 4.10. The van der Waals surface area contributed by atoms with Gasteiger partial charge in [-0.05, 0) is 58.8 Å². The molecular weight excluding hydrogens is 355 g/mol. The summed E-state index contributed by atoms with van der Waals surface area (Å²) in [5.74, 6) is 0. The van der Waals surface area contributed by atoms with Crippen molar-refractivity contribution in [2.45, 2.75) is 13.3 Å². The number of nitro groups is 1. The Bertz CT molecular complexity index is 614. The molecule has 0 fully saturated rings. The number of hydrogen-bond donors (Lipinski definition) is 1. The monoisotopic (exact) mass is 368 g/mol. The predicted molar refractivity (Wildman–Crippen MR) is 84.9 cm³/mol. The summed E-state index contributed by atoms with van der Waals surface area (Å²) in [6.45, 7) is 2.11. The number of halogens is 1. The van der Waals surface area contributed by atoms with Gasteiger partial charge in [0.1, 0.15) is 0 Å². The van der Waals surface area contributed by atoms with Crippen LogP contribution in [0, 0.1) is 13.7 Å². The number of nitrogens with zero attached hydrogens (tertiary/aromatic N) is 1. The highest BCUT2D eigenvalue weighted by molar-refractivity contribution is 14.1. The zero-order valence-electron chi connectivity index (χ0n) is 10.4. The summed E-state index contributed by atoms with van der Waals surface area (Å²) < 4.78 is 0.624. The van der Waals surface area contributed by atoms with Gasteiger partial charge in [0, 0.05) is 17.4 Å². The second-order valence-corrected chi connectivity index (χ2v) is 5.26. The number of hydrogen-bond acceptors (Lipinski definition) is 3. The summed E-state index contributed by atoms with van der Waals surface area (Å²) >= 11 is 1.98. The summed E-state index contributed by atoms with van der Waals surface area (Å²) in [5, 5.41) is 14.0. The van der Waals surface area contributed by atoms with E-state index in [0.717, 1.165) is 17.8 Å². The predicted octanol–water partition coefficient (Wildman–Crippen LogP) is 4.51. The van der Waals surface area contributed by atoms with Crippen molar-refractivity contribution in [1.82, 2.24) is 0 Å². The molecule has 1 N–H and O–H groups in total. The Labute approximate surface area is 125 Å². The van der Waals surface area contributed by atoms with Crippen LogP contribution in [0.1, 0.15) is 12.5 Å². The molecule has 0 bridgehead atoms. The first kappa shape index (κ1) is 13.8. The first-order valence-corrected chi connectivity index (χ1v) is 6.98. The highest BCUT2D eigenvalue weighted by Gasteiger charge is 2.11. The van der Waals surface area contributed by atoms with E-state index in [2.05, 4.69) is 24.4 Å². The Balaban J connectivity index is 2.23. The van der Waals surface area contributed by atoms with Crippen LogP contribution in [-0.4, -0.2) is 4.92 Å². The van der Waals surface area contributed by atoms with Gasteiger partial charge in [0.2, 0.25) is 0 Å². The van der Waals surface area contributed by atoms with Crippen molar-refractivity contribution < 1.29 is 4.92 Å². The average Bonchev–Trinajstić information content (AvgIpc) is 2.38. The van der Waals surface area contributed by atoms with Gasteiger partial charge in [-0.2, -0.15) is 0 Å². The zero-order chi connectivity index (χ0) is 13.8. The van der Waals surface area contributed by atoms with E-state index < -0.39 is 0 Å². The molecule has 98 valence electrons. The van der Waals surface area contributed by atoms with Gasteiger partial charge in [0.15, 0.2) is 0 Å². The van der Waals surface area contributed by atoms with Crippen molar-refractivity contribution in [3.8, 4) is 0 Å². The van der Waals surface area contributed by atoms with Crippen LogP contribution in [-0.2, 0) is 6.42 Å². The highest BCUT2D eigenvalue weighted by Crippen LogP contribution is 2.26. The number of benzene rings is 2. The van der Waals surface area contributed by atoms with Gasteiger partial charge in [0.25, 0.3) is 5.69 Å². The van der Waals surface area contributed by atoms with Gasteiger partial charge in [-0.3, -0.25) is 10.1 Å². The largest absolute Gasteiger partial charge is 0.355 e. The van der Waals surface area contributed by atoms with Gasteiger partial charge in [-0.25, -0.2) is 0 Å². The Morgan fingerprint density at radius 3 is 2.58 bits per heavy atom. The fourth-order valence-electron chi connectivity index (χ4n) is 1.77. The van der Waals surface area contributed by atoms with Gasteiger partial charge in [-0.1, -0.05) is 19.1 Å². The molecule has 2 rings (SSSR count). The maximum Gasteiger partial charge on any atom is 0.282 e. The van der Waals surface area contributed by atoms with Crippen LogP contribution in [0.2, 0.25) is 0 Å². The standard InChI is InChI=1S/C14H13IN2O2/c1-2-10-4-3-5-11(8-10)16-12-6-7-14(17(18)19)13(15)9-12/h3-9,16H,2H2,1H3. The molecule has 0 radical (unpaired) electrons. The third-order valence-electron chi connectivity index (χ3n) is 2.77. The lowest BCUT2D eigenvalue weighted by Gasteiger charge is -2.08. The van der Waals surface area contributed by atoms with Crippen molar-refractivity contribution in [2.75, 3.05) is 5.32 Å². The minimum atomic E-state index is -0.372. The van der Waals surface area contributed by atoms with Crippen LogP contribution >= 0.6 is 22.6 Å². The lowest BCUT2D eigenvalue weighted by Crippen LogP contribution is -1.95. The molecule has 19 heavy (non-hydrogen) atoms. The third-order valence-corrected chi connectivity index (χ3v) is 3.63. The Morgan fingerprint density at radius 2 is 1.95 bits per heavy atom. The van der Waals surface area contributed by atoms with E-state index in [1.165, 1.54) is 11.6 Å². The molecule has 0 atom stereocenters. The molecule has 0 aliphatic carbocycles. The summed E-state index contributed by atoms with van der Waals surface area (Å²) in [6, 6.07) is 13.1. The molecule has 0 unspecified atom stereocenters. The first-order valence-electron chi connectivity index (χ1n) is 5.90. The minimum absolute atomic E-state index is 0.133. The van der Waals surface area contributed by atoms with Crippen LogP contribution in [0.5, 0.6) is 0 Å². The number of nitro benzene ring substituents is 1. The first-order chi connectivity index (χ1) is 9.10. The molecule has 2 aromatic carbocycles. The van der Waals surface area contributed by atoms with Crippen molar-refractivity contribution in [3.63, 3.8) is 0 Å². The summed E-state index contributed by atoms with van der Waals surface area (Å²) in [4.78, 5) is 10.4. The average molecular weight is 368 g/mol. The van der Waals surface area contributed by atoms with E-state index in [1.54, 1.807) is 12.1 Å². The number of anilines is 2. The molecule has 0 aromatic heterocycles. The third kappa shape index (κ3) is 3.44. The maximum atomic E-state index is 10.8. The number of aryl methyl sites for hydroxylation is 1. The van der Waals surface area contributed by atoms with Gasteiger partial charge in [0.05, 0.1) is 8.49 Å². The molecule has 0 heterocycles. The molecule has 0 aliphatic rings. The van der Waals surface area contributed by atoms with E-state index >= 15 is 0 Å². The molecular formula is C14H13IN2O2. The smallest absolute Gasteiger partial charge is 0.282 e. The quantitative estimate of drug-likeness (QED) is 0.491. The fraction of sp³-hybridized carbons (Fsp3) is 0.143. The van der Waals surface area contributed by atoms with Crippen molar-refractivity contribution in [1.29, 1.82) is 0 Å². The molecule has 0 spiro atoms. The topological polar surface area (TPSA) is 55.2 Å². The SMILES string of the molecule is CCc1cccc(Nc2ccc([N+](=O)[O-])c(I)c2)c1. The number of rotatable bonds is 4. The van der Waals surface area contributed by atoms with Crippen LogP contribution in [0.15, 0.2) is 42.5 Å². The lowest BCUT2D eigenvalue weighted by molar-refractivity contribution is -0.385. The molecule has 0 saturated carbocycles. The van der Waals surface area contributed by atoms with Gasteiger partial charge >= 0.3 is 0 Å². The summed E-state index contributed by atoms with van der Waals surface area (Å²) in [7, 11) is 0. The van der Waals surface area contributed by atoms with E-state index in [4.69, 9.17) is 0 Å². The minimum Gasteiger partial charge on any atom is -0.355 e. The molecule has 0 aliphatic heterocycles. The summed E-state index contributed by atoms with van der Waals surface area (Å²) in [5.41, 5.74) is 3.22. The second kappa shape index (κ2) is 6.01. The molecule has 5 heteroatoms. The Morgan fingerprint density at radius 1 is 1.21 bits per heavy atom. The Hall–Kier alpha value is -1.63.